The Kier molecular flexibility index (Phi) is 5.45. The van der Waals surface area contributed by atoms with Crippen molar-refractivity contribution in [2.75, 3.05) is 11.1 Å². The number of hydrogen-bond acceptors (Lipinski definition) is 6. The summed E-state index contributed by atoms with van der Waals surface area (Å²) in [6.07, 6.45) is 1.66. The molecule has 1 aromatic carbocycles. The van der Waals surface area contributed by atoms with Crippen LogP contribution in [0.2, 0.25) is 0 Å². The van der Waals surface area contributed by atoms with Crippen LogP contribution in [-0.2, 0) is 4.79 Å². The molecule has 3 aromatic rings. The molecule has 3 rings (SSSR count). The maximum Gasteiger partial charge on any atom is 0.236 e. The molecule has 2 heterocycles. The van der Waals surface area contributed by atoms with Gasteiger partial charge in [0.2, 0.25) is 5.91 Å². The molecule has 0 unspecified atom stereocenters. The second kappa shape index (κ2) is 7.76. The minimum absolute atomic E-state index is 0.101. The van der Waals surface area contributed by atoms with Crippen molar-refractivity contribution in [1.82, 2.24) is 15.2 Å². The number of carbonyl (C=O) groups is 1. The van der Waals surface area contributed by atoms with Crippen LogP contribution in [0.25, 0.3) is 11.3 Å². The number of thioether (sulfide) groups is 1. The lowest BCUT2D eigenvalue weighted by Crippen LogP contribution is -2.13. The summed E-state index contributed by atoms with van der Waals surface area (Å²) in [7, 11) is 0. The van der Waals surface area contributed by atoms with E-state index in [1.165, 1.54) is 39.8 Å². The van der Waals surface area contributed by atoms with Crippen molar-refractivity contribution in [2.45, 2.75) is 25.8 Å². The first-order valence-electron chi connectivity index (χ1n) is 7.77. The van der Waals surface area contributed by atoms with Crippen LogP contribution in [0.3, 0.4) is 0 Å². The summed E-state index contributed by atoms with van der Waals surface area (Å²) >= 11 is 2.75. The summed E-state index contributed by atoms with van der Waals surface area (Å²) < 4.78 is 0. The van der Waals surface area contributed by atoms with Gasteiger partial charge in [-0.2, -0.15) is 0 Å². The van der Waals surface area contributed by atoms with Crippen LogP contribution in [-0.4, -0.2) is 26.8 Å². The van der Waals surface area contributed by atoms with Crippen LogP contribution in [0.1, 0.15) is 16.7 Å². The molecule has 7 heteroatoms. The fourth-order valence-corrected chi connectivity index (χ4v) is 3.52. The first-order chi connectivity index (χ1) is 12.0. The minimum atomic E-state index is -0.101. The molecule has 0 aliphatic rings. The average Bonchev–Trinajstić information content (AvgIpc) is 3.10. The number of hydrogen-bond donors (Lipinski definition) is 1. The van der Waals surface area contributed by atoms with Crippen molar-refractivity contribution in [3.63, 3.8) is 0 Å². The van der Waals surface area contributed by atoms with Crippen LogP contribution in [0.15, 0.2) is 40.9 Å². The lowest BCUT2D eigenvalue weighted by Gasteiger charge is -2.09. The van der Waals surface area contributed by atoms with Gasteiger partial charge < -0.3 is 5.32 Å². The summed E-state index contributed by atoms with van der Waals surface area (Å²) in [5.41, 5.74) is 5.62. The molecular formula is C18H18N4OS2. The van der Waals surface area contributed by atoms with Crippen LogP contribution in [0, 0.1) is 20.8 Å². The monoisotopic (exact) mass is 370 g/mol. The zero-order chi connectivity index (χ0) is 17.8. The Balaban J connectivity index is 1.64. The van der Waals surface area contributed by atoms with Gasteiger partial charge in [-0.25, -0.2) is 4.98 Å². The van der Waals surface area contributed by atoms with Gasteiger partial charge in [-0.1, -0.05) is 17.8 Å². The lowest BCUT2D eigenvalue weighted by molar-refractivity contribution is -0.113. The Morgan fingerprint density at radius 3 is 2.60 bits per heavy atom. The zero-order valence-electron chi connectivity index (χ0n) is 14.2. The SMILES string of the molecule is Cc1cc(C)c(-c2ccc(SCC(=O)Nc3nccs3)nn2)cc1C. The average molecular weight is 371 g/mol. The predicted molar refractivity (Wildman–Crippen MR) is 103 cm³/mol. The number of nitrogens with zero attached hydrogens (tertiary/aromatic N) is 3. The van der Waals surface area contributed by atoms with Gasteiger partial charge in [0, 0.05) is 17.1 Å². The highest BCUT2D eigenvalue weighted by atomic mass is 32.2. The maximum atomic E-state index is 11.9. The van der Waals surface area contributed by atoms with E-state index in [1.54, 1.807) is 6.20 Å². The molecule has 1 amide bonds. The standard InChI is InChI=1S/C18H18N4OS2/c1-11-8-13(3)14(9-12(11)2)15-4-5-17(22-21-15)25-10-16(23)20-18-19-6-7-24-18/h4-9H,10H2,1-3H3,(H,19,20,23). The molecule has 1 N–H and O–H groups in total. The number of anilines is 1. The van der Waals surface area contributed by atoms with E-state index in [4.69, 9.17) is 0 Å². The zero-order valence-corrected chi connectivity index (χ0v) is 15.9. The van der Waals surface area contributed by atoms with E-state index >= 15 is 0 Å². The molecule has 128 valence electrons. The van der Waals surface area contributed by atoms with Gasteiger partial charge in [0.15, 0.2) is 5.13 Å². The van der Waals surface area contributed by atoms with Gasteiger partial charge in [0.25, 0.3) is 0 Å². The number of thiazole rings is 1. The molecule has 0 saturated heterocycles. The molecule has 25 heavy (non-hydrogen) atoms. The molecule has 0 bridgehead atoms. The van der Waals surface area contributed by atoms with Crippen molar-refractivity contribution in [1.29, 1.82) is 0 Å². The van der Waals surface area contributed by atoms with Gasteiger partial charge in [-0.15, -0.1) is 21.5 Å². The maximum absolute atomic E-state index is 11.9. The number of amides is 1. The summed E-state index contributed by atoms with van der Waals surface area (Å²) in [4.78, 5) is 15.9. The molecule has 0 fully saturated rings. The summed E-state index contributed by atoms with van der Waals surface area (Å²) in [6, 6.07) is 8.16. The van der Waals surface area contributed by atoms with Crippen molar-refractivity contribution >= 4 is 34.1 Å². The van der Waals surface area contributed by atoms with Gasteiger partial charge >= 0.3 is 0 Å². The van der Waals surface area contributed by atoms with E-state index in [-0.39, 0.29) is 11.7 Å². The van der Waals surface area contributed by atoms with Crippen molar-refractivity contribution in [2.24, 2.45) is 0 Å². The topological polar surface area (TPSA) is 67.8 Å². The van der Waals surface area contributed by atoms with Crippen LogP contribution >= 0.6 is 23.1 Å². The second-order valence-corrected chi connectivity index (χ2v) is 7.57. The Morgan fingerprint density at radius 1 is 1.12 bits per heavy atom. The Labute approximate surface area is 154 Å². The molecular weight excluding hydrogens is 352 g/mol. The highest BCUT2D eigenvalue weighted by Gasteiger charge is 2.09. The number of carbonyl (C=O) groups excluding carboxylic acids is 1. The fraction of sp³-hybridized carbons (Fsp3) is 0.222. The highest BCUT2D eigenvalue weighted by Crippen LogP contribution is 2.25. The van der Waals surface area contributed by atoms with Gasteiger partial charge in [0.05, 0.1) is 11.4 Å². The van der Waals surface area contributed by atoms with Crippen LogP contribution in [0.5, 0.6) is 0 Å². The van der Waals surface area contributed by atoms with Gasteiger partial charge in [-0.05, 0) is 55.7 Å². The third kappa shape index (κ3) is 4.43. The van der Waals surface area contributed by atoms with E-state index in [0.717, 1.165) is 16.3 Å². The van der Waals surface area contributed by atoms with E-state index in [2.05, 4.69) is 53.4 Å². The lowest BCUT2D eigenvalue weighted by atomic mass is 9.99. The Bertz CT molecular complexity index is 877. The van der Waals surface area contributed by atoms with E-state index in [9.17, 15) is 4.79 Å². The Morgan fingerprint density at radius 2 is 1.92 bits per heavy atom. The summed E-state index contributed by atoms with van der Waals surface area (Å²) in [6.45, 7) is 6.28. The van der Waals surface area contributed by atoms with Crippen LogP contribution in [0.4, 0.5) is 5.13 Å². The second-order valence-electron chi connectivity index (χ2n) is 5.68. The molecule has 0 aliphatic carbocycles. The van der Waals surface area contributed by atoms with Crippen LogP contribution < -0.4 is 5.32 Å². The summed E-state index contributed by atoms with van der Waals surface area (Å²) in [5.74, 6) is 0.173. The number of benzene rings is 1. The molecule has 0 saturated carbocycles. The number of aromatic nitrogens is 3. The third-order valence-electron chi connectivity index (χ3n) is 3.79. The largest absolute Gasteiger partial charge is 0.301 e. The molecule has 0 aliphatic heterocycles. The number of rotatable bonds is 5. The van der Waals surface area contributed by atoms with Crippen molar-refractivity contribution in [3.05, 3.63) is 52.5 Å². The van der Waals surface area contributed by atoms with E-state index in [0.29, 0.717) is 5.13 Å². The van der Waals surface area contributed by atoms with Gasteiger partial charge in [-0.3, -0.25) is 4.79 Å². The highest BCUT2D eigenvalue weighted by molar-refractivity contribution is 7.99. The summed E-state index contributed by atoms with van der Waals surface area (Å²) in [5, 5.41) is 14.5. The molecule has 2 aromatic heterocycles. The number of aryl methyl sites for hydroxylation is 3. The molecule has 5 nitrogen and oxygen atoms in total. The van der Waals surface area contributed by atoms with Crippen molar-refractivity contribution < 1.29 is 4.79 Å². The quantitative estimate of drug-likeness (QED) is 0.680. The van der Waals surface area contributed by atoms with Crippen molar-refractivity contribution in [3.8, 4) is 11.3 Å². The molecule has 0 atom stereocenters. The molecule has 0 spiro atoms. The first kappa shape index (κ1) is 17.6. The Hall–Kier alpha value is -2.25. The predicted octanol–water partition coefficient (Wildman–Crippen LogP) is 4.26. The van der Waals surface area contributed by atoms with E-state index < -0.39 is 0 Å². The fourth-order valence-electron chi connectivity index (χ4n) is 2.36. The smallest absolute Gasteiger partial charge is 0.236 e. The normalized spacial score (nSPS) is 10.7. The third-order valence-corrected chi connectivity index (χ3v) is 5.40. The minimum Gasteiger partial charge on any atom is -0.301 e. The van der Waals surface area contributed by atoms with Gasteiger partial charge in [0.1, 0.15) is 5.03 Å². The number of nitrogens with one attached hydrogen (secondary N) is 1. The molecule has 0 radical (unpaired) electrons. The van der Waals surface area contributed by atoms with E-state index in [1.807, 2.05) is 17.5 Å². The first-order valence-corrected chi connectivity index (χ1v) is 9.63.